The molecule has 0 fully saturated rings. The second-order valence-corrected chi connectivity index (χ2v) is 10.1. The van der Waals surface area contributed by atoms with Gasteiger partial charge in [0.25, 0.3) is 0 Å². The van der Waals surface area contributed by atoms with E-state index < -0.39 is 34.8 Å². The van der Waals surface area contributed by atoms with Crippen LogP contribution in [0.25, 0.3) is 11.3 Å². The maximum Gasteiger partial charge on any atom is 0.416 e. The normalized spacial score (nSPS) is 14.5. The number of benzene rings is 1. The van der Waals surface area contributed by atoms with Gasteiger partial charge in [0.15, 0.2) is 0 Å². The molecule has 3 aromatic rings. The summed E-state index contributed by atoms with van der Waals surface area (Å²) < 4.78 is 67.2. The van der Waals surface area contributed by atoms with Gasteiger partial charge in [0.2, 0.25) is 10.8 Å². The first-order chi connectivity index (χ1) is 19.0. The van der Waals surface area contributed by atoms with Crippen LogP contribution >= 0.6 is 0 Å². The monoisotopic (exact) mass is 572 g/mol. The van der Waals surface area contributed by atoms with Gasteiger partial charge in [-0.1, -0.05) is 72.4 Å². The van der Waals surface area contributed by atoms with Crippen LogP contribution in [-0.4, -0.2) is 35.8 Å². The standard InChI is InChI=1S/C29H28F4N4O2S/c1-4-23(19-30)13-8-12-21(2)10-6-5-7-11-22(3)20-40(39)28-35-34-26-27(38)36(16-17-37(26)28)25-15-9-14-24(18-25)29(31,32)33/h4-7,9-18H,1,8,19-20H2,2-3H3/b7-5-,10-6+,21-12+,22-11+,23-13+. The zero-order valence-electron chi connectivity index (χ0n) is 21.9. The molecule has 11 heteroatoms. The molecule has 0 saturated carbocycles. The third-order valence-corrected chi connectivity index (χ3v) is 7.06. The highest BCUT2D eigenvalue weighted by Crippen LogP contribution is 2.30. The fraction of sp³-hybridized carbons (Fsp3) is 0.207. The molecule has 1 unspecified atom stereocenters. The van der Waals surface area contributed by atoms with Gasteiger partial charge in [-0.05, 0) is 44.0 Å². The lowest BCUT2D eigenvalue weighted by atomic mass is 10.2. The van der Waals surface area contributed by atoms with Crippen molar-refractivity contribution in [3.8, 4) is 5.69 Å². The van der Waals surface area contributed by atoms with Crippen LogP contribution in [0.3, 0.4) is 0 Å². The molecule has 0 spiro atoms. The molecule has 210 valence electrons. The van der Waals surface area contributed by atoms with E-state index in [0.29, 0.717) is 12.0 Å². The van der Waals surface area contributed by atoms with E-state index in [1.165, 1.54) is 35.0 Å². The molecule has 2 heterocycles. The van der Waals surface area contributed by atoms with E-state index in [1.54, 1.807) is 25.2 Å². The van der Waals surface area contributed by atoms with Crippen LogP contribution in [0.2, 0.25) is 0 Å². The van der Waals surface area contributed by atoms with Crippen molar-refractivity contribution in [2.24, 2.45) is 0 Å². The van der Waals surface area contributed by atoms with Crippen LogP contribution in [0.1, 0.15) is 25.8 Å². The van der Waals surface area contributed by atoms with Gasteiger partial charge in [-0.15, -0.1) is 10.2 Å². The molecule has 0 radical (unpaired) electrons. The summed E-state index contributed by atoms with van der Waals surface area (Å²) in [5.41, 5.74) is 0.644. The van der Waals surface area contributed by atoms with E-state index in [2.05, 4.69) is 16.8 Å². The van der Waals surface area contributed by atoms with Crippen molar-refractivity contribution in [1.82, 2.24) is 19.2 Å². The molecule has 0 N–H and O–H groups in total. The molecule has 0 saturated heterocycles. The Labute approximate surface area is 231 Å². The third kappa shape index (κ3) is 7.95. The van der Waals surface area contributed by atoms with E-state index in [-0.39, 0.29) is 22.2 Å². The molecule has 0 aliphatic carbocycles. The zero-order valence-corrected chi connectivity index (χ0v) is 22.8. The quantitative estimate of drug-likeness (QED) is 0.195. The Morgan fingerprint density at radius 2 is 1.88 bits per heavy atom. The maximum atomic E-state index is 13.1. The number of fused-ring (bicyclic) bond motifs is 1. The summed E-state index contributed by atoms with van der Waals surface area (Å²) in [6.07, 6.45) is 13.1. The maximum absolute atomic E-state index is 13.1. The summed E-state index contributed by atoms with van der Waals surface area (Å²) in [5, 5.41) is 7.80. The smallest absolute Gasteiger partial charge is 0.280 e. The second kappa shape index (κ2) is 13.8. The number of aromatic nitrogens is 4. The highest BCUT2D eigenvalue weighted by molar-refractivity contribution is 7.85. The number of alkyl halides is 4. The Morgan fingerprint density at radius 3 is 2.58 bits per heavy atom. The average Bonchev–Trinajstić information content (AvgIpc) is 3.36. The topological polar surface area (TPSA) is 69.3 Å². The number of hydrogen-bond acceptors (Lipinski definition) is 4. The van der Waals surface area contributed by atoms with Crippen molar-refractivity contribution >= 4 is 16.4 Å². The molecule has 0 aliphatic rings. The highest BCUT2D eigenvalue weighted by Gasteiger charge is 2.30. The lowest BCUT2D eigenvalue weighted by Gasteiger charge is -2.10. The number of rotatable bonds is 11. The second-order valence-electron chi connectivity index (χ2n) is 8.75. The molecule has 40 heavy (non-hydrogen) atoms. The van der Waals surface area contributed by atoms with Crippen molar-refractivity contribution in [1.29, 1.82) is 0 Å². The summed E-state index contributed by atoms with van der Waals surface area (Å²) in [4.78, 5) is 12.9. The molecular formula is C29H28F4N4O2S. The molecule has 1 aromatic carbocycles. The number of halogens is 4. The Bertz CT molecular complexity index is 1610. The van der Waals surface area contributed by atoms with Crippen molar-refractivity contribution in [3.63, 3.8) is 0 Å². The zero-order chi connectivity index (χ0) is 29.3. The predicted molar refractivity (Wildman–Crippen MR) is 150 cm³/mol. The predicted octanol–water partition coefficient (Wildman–Crippen LogP) is 6.48. The molecule has 6 nitrogen and oxygen atoms in total. The Balaban J connectivity index is 1.69. The van der Waals surface area contributed by atoms with Crippen LogP contribution in [0.4, 0.5) is 17.6 Å². The molecular weight excluding hydrogens is 544 g/mol. The van der Waals surface area contributed by atoms with Crippen molar-refractivity contribution in [2.75, 3.05) is 12.4 Å². The van der Waals surface area contributed by atoms with Gasteiger partial charge in [0.05, 0.1) is 22.1 Å². The van der Waals surface area contributed by atoms with E-state index in [1.807, 2.05) is 31.2 Å². The van der Waals surface area contributed by atoms with E-state index >= 15 is 0 Å². The largest absolute Gasteiger partial charge is 0.416 e. The highest BCUT2D eigenvalue weighted by atomic mass is 32.2. The Hall–Kier alpha value is -4.12. The van der Waals surface area contributed by atoms with E-state index in [9.17, 15) is 26.6 Å². The number of hydrogen-bond donors (Lipinski definition) is 0. The van der Waals surface area contributed by atoms with E-state index in [0.717, 1.165) is 27.8 Å². The summed E-state index contributed by atoms with van der Waals surface area (Å²) >= 11 is 0. The SMILES string of the molecule is C=C/C(=C\C/C=C(C)/C=C/C=C\C=C(/C)CS(=O)c1nnc2c(=O)n(-c3cccc(C(F)(F)F)c3)ccn12)CF. The number of allylic oxidation sites excluding steroid dienone is 10. The molecule has 0 aliphatic heterocycles. The minimum absolute atomic E-state index is 0.0220. The fourth-order valence-corrected chi connectivity index (χ4v) is 4.66. The first-order valence-electron chi connectivity index (χ1n) is 12.1. The van der Waals surface area contributed by atoms with Gasteiger partial charge >= 0.3 is 11.7 Å². The molecule has 0 amide bonds. The minimum Gasteiger partial charge on any atom is -0.280 e. The fourth-order valence-electron chi connectivity index (χ4n) is 3.52. The Morgan fingerprint density at radius 1 is 1.10 bits per heavy atom. The van der Waals surface area contributed by atoms with Crippen LogP contribution < -0.4 is 5.56 Å². The summed E-state index contributed by atoms with van der Waals surface area (Å²) in [6.45, 7) is 6.75. The first kappa shape index (κ1) is 30.4. The molecule has 0 bridgehead atoms. The summed E-state index contributed by atoms with van der Waals surface area (Å²) in [7, 11) is -1.63. The Kier molecular flexibility index (Phi) is 10.5. The number of nitrogens with zero attached hydrogens (tertiary/aromatic N) is 4. The van der Waals surface area contributed by atoms with Gasteiger partial charge in [0.1, 0.15) is 6.67 Å². The van der Waals surface area contributed by atoms with E-state index in [4.69, 9.17) is 0 Å². The molecule has 1 atom stereocenters. The summed E-state index contributed by atoms with van der Waals surface area (Å²) in [5.74, 6) is 0.136. The first-order valence-corrected chi connectivity index (χ1v) is 13.4. The molecule has 3 rings (SSSR count). The van der Waals surface area contributed by atoms with Gasteiger partial charge in [0, 0.05) is 18.1 Å². The lowest BCUT2D eigenvalue weighted by molar-refractivity contribution is -0.137. The third-order valence-electron chi connectivity index (χ3n) is 5.65. The average molecular weight is 573 g/mol. The lowest BCUT2D eigenvalue weighted by Crippen LogP contribution is -2.21. The molecule has 2 aromatic heterocycles. The summed E-state index contributed by atoms with van der Waals surface area (Å²) in [6, 6.07) is 4.37. The van der Waals surface area contributed by atoms with Crippen LogP contribution in [-0.2, 0) is 17.0 Å². The van der Waals surface area contributed by atoms with Crippen molar-refractivity contribution in [3.05, 3.63) is 124 Å². The van der Waals surface area contributed by atoms with Crippen LogP contribution in [0.5, 0.6) is 0 Å². The minimum atomic E-state index is -4.55. The van der Waals surface area contributed by atoms with Crippen molar-refractivity contribution in [2.45, 2.75) is 31.6 Å². The van der Waals surface area contributed by atoms with Gasteiger partial charge in [-0.25, -0.2) is 4.39 Å². The van der Waals surface area contributed by atoms with Gasteiger partial charge in [-0.3, -0.25) is 18.0 Å². The van der Waals surface area contributed by atoms with Gasteiger partial charge in [-0.2, -0.15) is 13.2 Å². The van der Waals surface area contributed by atoms with Gasteiger partial charge < -0.3 is 0 Å². The van der Waals surface area contributed by atoms with Crippen molar-refractivity contribution < 1.29 is 21.8 Å². The van der Waals surface area contributed by atoms with Crippen LogP contribution in [0.15, 0.2) is 119 Å². The van der Waals surface area contributed by atoms with Crippen LogP contribution in [0, 0.1) is 0 Å².